The molecule has 0 bridgehead atoms. The summed E-state index contributed by atoms with van der Waals surface area (Å²) in [6.07, 6.45) is 2.64. The second-order valence-electron chi connectivity index (χ2n) is 3.04. The van der Waals surface area contributed by atoms with Crippen LogP contribution < -0.4 is 4.72 Å². The Morgan fingerprint density at radius 1 is 1.47 bits per heavy atom. The van der Waals surface area contributed by atoms with Crippen molar-refractivity contribution < 1.29 is 13.5 Å². The van der Waals surface area contributed by atoms with Gasteiger partial charge >= 0.3 is 0 Å². The highest BCUT2D eigenvalue weighted by Gasteiger charge is 2.09. The fourth-order valence-electron chi connectivity index (χ4n) is 0.987. The first-order valence-corrected chi connectivity index (χ1v) is 7.13. The molecular formula is C8H14N2O3S2. The molecule has 0 spiro atoms. The molecule has 86 valence electrons. The van der Waals surface area contributed by atoms with E-state index in [0.29, 0.717) is 19.4 Å². The summed E-state index contributed by atoms with van der Waals surface area (Å²) in [4.78, 5) is 4.74. The minimum Gasteiger partial charge on any atom is -0.396 e. The Balaban J connectivity index is 2.30. The predicted octanol–water partition coefficient (Wildman–Crippen LogP) is 0.335. The van der Waals surface area contributed by atoms with Crippen molar-refractivity contribution in [2.45, 2.75) is 19.4 Å². The van der Waals surface area contributed by atoms with E-state index < -0.39 is 10.0 Å². The highest BCUT2D eigenvalue weighted by molar-refractivity contribution is 7.89. The van der Waals surface area contributed by atoms with Gasteiger partial charge in [0.05, 0.1) is 11.3 Å². The standard InChI is InChI=1S/C8H14N2O3S2/c11-3-1-2-4-15(12,13)10-6-8-5-9-7-14-8/h5,7,10-11H,1-4,6H2. The number of nitrogens with zero attached hydrogens (tertiary/aromatic N) is 1. The summed E-state index contributed by atoms with van der Waals surface area (Å²) < 4.78 is 25.3. The molecule has 2 N–H and O–H groups in total. The largest absolute Gasteiger partial charge is 0.396 e. The molecule has 1 aromatic rings. The van der Waals surface area contributed by atoms with Gasteiger partial charge in [-0.2, -0.15) is 0 Å². The highest BCUT2D eigenvalue weighted by atomic mass is 32.2. The van der Waals surface area contributed by atoms with Crippen LogP contribution in [0.5, 0.6) is 0 Å². The van der Waals surface area contributed by atoms with Crippen molar-refractivity contribution in [2.24, 2.45) is 0 Å². The summed E-state index contributed by atoms with van der Waals surface area (Å²) in [5, 5.41) is 8.52. The van der Waals surface area contributed by atoms with Crippen LogP contribution in [-0.2, 0) is 16.6 Å². The van der Waals surface area contributed by atoms with E-state index in [1.54, 1.807) is 11.7 Å². The number of sulfonamides is 1. The second kappa shape index (κ2) is 6.16. The summed E-state index contributed by atoms with van der Waals surface area (Å²) >= 11 is 1.41. The van der Waals surface area contributed by atoms with Crippen LogP contribution >= 0.6 is 11.3 Å². The van der Waals surface area contributed by atoms with Crippen molar-refractivity contribution in [3.8, 4) is 0 Å². The summed E-state index contributed by atoms with van der Waals surface area (Å²) in [5.41, 5.74) is 1.66. The van der Waals surface area contributed by atoms with Gasteiger partial charge in [-0.1, -0.05) is 0 Å². The van der Waals surface area contributed by atoms with E-state index in [2.05, 4.69) is 9.71 Å². The Hall–Kier alpha value is -0.500. The third-order valence-electron chi connectivity index (χ3n) is 1.77. The van der Waals surface area contributed by atoms with Crippen LogP contribution in [0, 0.1) is 0 Å². The van der Waals surface area contributed by atoms with Crippen molar-refractivity contribution in [1.82, 2.24) is 9.71 Å². The molecule has 0 aromatic carbocycles. The molecule has 1 aromatic heterocycles. The molecule has 5 nitrogen and oxygen atoms in total. The fraction of sp³-hybridized carbons (Fsp3) is 0.625. The number of hydrogen-bond acceptors (Lipinski definition) is 5. The molecule has 15 heavy (non-hydrogen) atoms. The summed E-state index contributed by atoms with van der Waals surface area (Å²) in [6, 6.07) is 0. The average Bonchev–Trinajstić information content (AvgIpc) is 2.68. The smallest absolute Gasteiger partial charge is 0.211 e. The van der Waals surface area contributed by atoms with Crippen molar-refractivity contribution in [1.29, 1.82) is 0 Å². The van der Waals surface area contributed by atoms with Crippen LogP contribution in [0.2, 0.25) is 0 Å². The monoisotopic (exact) mass is 250 g/mol. The van der Waals surface area contributed by atoms with Crippen LogP contribution in [0.25, 0.3) is 0 Å². The number of thiazole rings is 1. The number of aliphatic hydroxyl groups excluding tert-OH is 1. The van der Waals surface area contributed by atoms with Gasteiger partial charge in [-0.3, -0.25) is 4.98 Å². The Kier molecular flexibility index (Phi) is 5.16. The minimum atomic E-state index is -3.21. The maximum absolute atomic E-state index is 11.4. The number of hydrogen-bond donors (Lipinski definition) is 2. The molecule has 0 aliphatic carbocycles. The molecule has 0 saturated heterocycles. The van der Waals surface area contributed by atoms with Crippen LogP contribution in [0.3, 0.4) is 0 Å². The zero-order valence-corrected chi connectivity index (χ0v) is 9.85. The van der Waals surface area contributed by atoms with Gasteiger partial charge in [0.1, 0.15) is 0 Å². The first kappa shape index (κ1) is 12.6. The zero-order valence-electron chi connectivity index (χ0n) is 8.22. The highest BCUT2D eigenvalue weighted by Crippen LogP contribution is 2.05. The van der Waals surface area contributed by atoms with Gasteiger partial charge in [0.2, 0.25) is 10.0 Å². The summed E-state index contributed by atoms with van der Waals surface area (Å²) in [5.74, 6) is 0.0619. The summed E-state index contributed by atoms with van der Waals surface area (Å²) in [6.45, 7) is 0.330. The molecule has 0 fully saturated rings. The molecule has 7 heteroatoms. The van der Waals surface area contributed by atoms with Crippen LogP contribution in [0.1, 0.15) is 17.7 Å². The molecular weight excluding hydrogens is 236 g/mol. The van der Waals surface area contributed by atoms with Gasteiger partial charge in [0.25, 0.3) is 0 Å². The molecule has 1 heterocycles. The molecule has 0 amide bonds. The Labute approximate surface area is 93.2 Å². The normalized spacial score (nSPS) is 11.8. The topological polar surface area (TPSA) is 79.3 Å². The molecule has 1 rings (SSSR count). The van der Waals surface area contributed by atoms with Crippen LogP contribution in [-0.4, -0.2) is 30.9 Å². The van der Waals surface area contributed by atoms with E-state index in [1.165, 1.54) is 11.3 Å². The molecule has 0 unspecified atom stereocenters. The van der Waals surface area contributed by atoms with Crippen molar-refractivity contribution in [3.05, 3.63) is 16.6 Å². The van der Waals surface area contributed by atoms with Gasteiger partial charge in [-0.25, -0.2) is 13.1 Å². The van der Waals surface area contributed by atoms with E-state index in [0.717, 1.165) is 4.88 Å². The van der Waals surface area contributed by atoms with E-state index in [1.807, 2.05) is 0 Å². The quantitative estimate of drug-likeness (QED) is 0.684. The molecule has 0 saturated carbocycles. The van der Waals surface area contributed by atoms with Crippen LogP contribution in [0.4, 0.5) is 0 Å². The SMILES string of the molecule is O=S(=O)(CCCCO)NCc1cncs1. The number of nitrogens with one attached hydrogen (secondary N) is 1. The average molecular weight is 250 g/mol. The first-order chi connectivity index (χ1) is 7.14. The van der Waals surface area contributed by atoms with E-state index in [-0.39, 0.29) is 12.4 Å². The van der Waals surface area contributed by atoms with E-state index in [9.17, 15) is 8.42 Å². The molecule has 0 atom stereocenters. The number of aromatic nitrogens is 1. The third kappa shape index (κ3) is 5.22. The molecule has 0 aliphatic rings. The van der Waals surface area contributed by atoms with E-state index >= 15 is 0 Å². The maximum Gasteiger partial charge on any atom is 0.211 e. The van der Waals surface area contributed by atoms with Gasteiger partial charge in [-0.15, -0.1) is 11.3 Å². The van der Waals surface area contributed by atoms with Gasteiger partial charge in [0, 0.05) is 24.2 Å². The lowest BCUT2D eigenvalue weighted by Gasteiger charge is -2.04. The summed E-state index contributed by atoms with van der Waals surface area (Å²) in [7, 11) is -3.21. The van der Waals surface area contributed by atoms with Crippen molar-refractivity contribution in [3.63, 3.8) is 0 Å². The van der Waals surface area contributed by atoms with Gasteiger partial charge in [0.15, 0.2) is 0 Å². The maximum atomic E-state index is 11.4. The second-order valence-corrected chi connectivity index (χ2v) is 5.94. The zero-order chi connectivity index (χ0) is 11.1. The first-order valence-electron chi connectivity index (χ1n) is 4.59. The molecule has 0 aliphatic heterocycles. The third-order valence-corrected chi connectivity index (χ3v) is 3.96. The van der Waals surface area contributed by atoms with Crippen LogP contribution in [0.15, 0.2) is 11.7 Å². The predicted molar refractivity (Wildman–Crippen MR) is 59.1 cm³/mol. The van der Waals surface area contributed by atoms with Crippen molar-refractivity contribution in [2.75, 3.05) is 12.4 Å². The van der Waals surface area contributed by atoms with E-state index in [4.69, 9.17) is 5.11 Å². The minimum absolute atomic E-state index is 0.0321. The lowest BCUT2D eigenvalue weighted by atomic mass is 10.4. The fourth-order valence-corrected chi connectivity index (χ4v) is 2.72. The number of aliphatic hydroxyl groups is 1. The lowest BCUT2D eigenvalue weighted by molar-refractivity contribution is 0.287. The van der Waals surface area contributed by atoms with Crippen molar-refractivity contribution >= 4 is 21.4 Å². The number of unbranched alkanes of at least 4 members (excludes halogenated alkanes) is 1. The van der Waals surface area contributed by atoms with Gasteiger partial charge in [-0.05, 0) is 12.8 Å². The Bertz CT molecular complexity index is 361. The lowest BCUT2D eigenvalue weighted by Crippen LogP contribution is -2.25. The Morgan fingerprint density at radius 3 is 2.87 bits per heavy atom. The molecule has 0 radical (unpaired) electrons. The Morgan fingerprint density at radius 2 is 2.27 bits per heavy atom. The number of rotatable bonds is 7. The van der Waals surface area contributed by atoms with Gasteiger partial charge < -0.3 is 5.11 Å².